The number of hydrogen-bond donors (Lipinski definition) is 1. The Morgan fingerprint density at radius 1 is 1.16 bits per heavy atom. The normalized spacial score (nSPS) is 29.9. The molecule has 1 saturated carbocycles. The zero-order valence-corrected chi connectivity index (χ0v) is 10.5. The van der Waals surface area contributed by atoms with Crippen molar-refractivity contribution in [2.75, 3.05) is 6.54 Å². The van der Waals surface area contributed by atoms with E-state index in [1.807, 2.05) is 0 Å². The molecule has 19 heavy (non-hydrogen) atoms. The molecule has 0 spiro atoms. The summed E-state index contributed by atoms with van der Waals surface area (Å²) < 4.78 is 37.0. The molecule has 1 aromatic rings. The van der Waals surface area contributed by atoms with Crippen molar-refractivity contribution in [1.29, 1.82) is 0 Å². The summed E-state index contributed by atoms with van der Waals surface area (Å²) in [6, 6.07) is 0.479. The molecule has 2 aliphatic rings. The zero-order valence-electron chi connectivity index (χ0n) is 10.5. The Labute approximate surface area is 109 Å². The van der Waals surface area contributed by atoms with E-state index in [2.05, 4.69) is 15.3 Å². The summed E-state index contributed by atoms with van der Waals surface area (Å²) in [6.45, 7) is 1.09. The van der Waals surface area contributed by atoms with Crippen LogP contribution in [0.25, 0.3) is 0 Å². The van der Waals surface area contributed by atoms with E-state index in [1.54, 1.807) is 0 Å². The molecule has 0 aromatic carbocycles. The molecule has 3 rings (SSSR count). The molecule has 0 bridgehead atoms. The maximum Gasteiger partial charge on any atom is 0.434 e. The Hall–Kier alpha value is -1.17. The van der Waals surface area contributed by atoms with Gasteiger partial charge in [-0.3, -0.25) is 4.98 Å². The topological polar surface area (TPSA) is 37.8 Å². The first kappa shape index (κ1) is 12.8. The number of halogens is 3. The third-order valence-electron chi connectivity index (χ3n) is 4.07. The van der Waals surface area contributed by atoms with Crippen molar-refractivity contribution in [3.63, 3.8) is 0 Å². The Balaban J connectivity index is 1.52. The second kappa shape index (κ2) is 4.74. The van der Waals surface area contributed by atoms with Gasteiger partial charge in [-0.2, -0.15) is 13.2 Å². The summed E-state index contributed by atoms with van der Waals surface area (Å²) in [7, 11) is 0. The van der Waals surface area contributed by atoms with E-state index in [9.17, 15) is 13.2 Å². The van der Waals surface area contributed by atoms with Crippen LogP contribution in [0.5, 0.6) is 0 Å². The molecule has 3 unspecified atom stereocenters. The van der Waals surface area contributed by atoms with Crippen molar-refractivity contribution >= 4 is 0 Å². The Morgan fingerprint density at radius 2 is 2.00 bits per heavy atom. The molecule has 104 valence electrons. The first-order valence-electron chi connectivity index (χ1n) is 6.64. The van der Waals surface area contributed by atoms with Crippen LogP contribution in [0.1, 0.15) is 30.7 Å². The van der Waals surface area contributed by atoms with E-state index in [0.29, 0.717) is 18.2 Å². The standard InChI is InChI=1S/C13H16F3N3/c14-13(15,16)12-7-18-11(6-19-12)2-1-10-4-8-3-9(8)5-17-10/h6-10,17H,1-5H2. The number of nitrogens with one attached hydrogen (secondary N) is 1. The first-order valence-corrected chi connectivity index (χ1v) is 6.64. The first-order chi connectivity index (χ1) is 9.02. The van der Waals surface area contributed by atoms with Crippen molar-refractivity contribution in [1.82, 2.24) is 15.3 Å². The van der Waals surface area contributed by atoms with Crippen LogP contribution in [0.3, 0.4) is 0 Å². The fraction of sp³-hybridized carbons (Fsp3) is 0.692. The van der Waals surface area contributed by atoms with E-state index in [0.717, 1.165) is 31.0 Å². The average Bonchev–Trinajstić information content (AvgIpc) is 3.14. The minimum absolute atomic E-state index is 0.479. The zero-order chi connectivity index (χ0) is 13.5. The lowest BCUT2D eigenvalue weighted by Crippen LogP contribution is -2.35. The smallest absolute Gasteiger partial charge is 0.314 e. The number of hydrogen-bond acceptors (Lipinski definition) is 3. The maximum atomic E-state index is 12.3. The predicted molar refractivity (Wildman–Crippen MR) is 63.4 cm³/mol. The maximum absolute atomic E-state index is 12.3. The number of nitrogens with zero attached hydrogens (tertiary/aromatic N) is 2. The highest BCUT2D eigenvalue weighted by molar-refractivity contribution is 5.06. The van der Waals surface area contributed by atoms with Crippen LogP contribution in [0.15, 0.2) is 12.4 Å². The number of fused-ring (bicyclic) bond motifs is 1. The van der Waals surface area contributed by atoms with Crippen molar-refractivity contribution in [3.05, 3.63) is 23.8 Å². The number of aromatic nitrogens is 2. The summed E-state index contributed by atoms with van der Waals surface area (Å²) in [5.41, 5.74) is -0.291. The van der Waals surface area contributed by atoms with E-state index >= 15 is 0 Å². The van der Waals surface area contributed by atoms with Crippen LogP contribution in [0, 0.1) is 11.8 Å². The lowest BCUT2D eigenvalue weighted by atomic mass is 9.99. The third kappa shape index (κ3) is 3.05. The van der Waals surface area contributed by atoms with E-state index in [-0.39, 0.29) is 0 Å². The Kier molecular flexibility index (Phi) is 3.20. The molecule has 2 fully saturated rings. The number of rotatable bonds is 3. The molecule has 1 aromatic heterocycles. The summed E-state index contributed by atoms with van der Waals surface area (Å²) in [4.78, 5) is 7.28. The van der Waals surface area contributed by atoms with Gasteiger partial charge in [0, 0.05) is 12.2 Å². The molecule has 1 aliphatic heterocycles. The highest BCUT2D eigenvalue weighted by atomic mass is 19.4. The largest absolute Gasteiger partial charge is 0.434 e. The second-order valence-electron chi connectivity index (χ2n) is 5.53. The van der Waals surface area contributed by atoms with Crippen LogP contribution < -0.4 is 5.32 Å². The van der Waals surface area contributed by atoms with E-state index in [1.165, 1.54) is 19.0 Å². The van der Waals surface area contributed by atoms with Crippen LogP contribution in [-0.2, 0) is 12.6 Å². The lowest BCUT2D eigenvalue weighted by Gasteiger charge is -2.22. The number of alkyl halides is 3. The average molecular weight is 271 g/mol. The lowest BCUT2D eigenvalue weighted by molar-refractivity contribution is -0.141. The second-order valence-corrected chi connectivity index (χ2v) is 5.53. The number of aryl methyl sites for hydroxylation is 1. The molecular weight excluding hydrogens is 255 g/mol. The summed E-state index contributed by atoms with van der Waals surface area (Å²) in [6.07, 6.45) is 1.79. The SMILES string of the molecule is FC(F)(F)c1cnc(CCC2CC3CC3CN2)cn1. The summed E-state index contributed by atoms with van der Waals surface area (Å²) >= 11 is 0. The van der Waals surface area contributed by atoms with Gasteiger partial charge in [-0.25, -0.2) is 4.98 Å². The van der Waals surface area contributed by atoms with Gasteiger partial charge in [0.25, 0.3) is 0 Å². The Bertz CT molecular complexity index is 443. The molecule has 1 N–H and O–H groups in total. The quantitative estimate of drug-likeness (QED) is 0.917. The summed E-state index contributed by atoms with van der Waals surface area (Å²) in [5, 5.41) is 3.49. The minimum atomic E-state index is -4.41. The van der Waals surface area contributed by atoms with Crippen molar-refractivity contribution in [2.45, 2.75) is 37.9 Å². The third-order valence-corrected chi connectivity index (χ3v) is 4.07. The van der Waals surface area contributed by atoms with Crippen LogP contribution in [0.4, 0.5) is 13.2 Å². The van der Waals surface area contributed by atoms with Gasteiger partial charge in [0.05, 0.1) is 11.9 Å². The van der Waals surface area contributed by atoms with Crippen LogP contribution >= 0.6 is 0 Å². The fourth-order valence-corrected chi connectivity index (χ4v) is 2.79. The van der Waals surface area contributed by atoms with Crippen LogP contribution in [0.2, 0.25) is 0 Å². The highest BCUT2D eigenvalue weighted by Crippen LogP contribution is 2.44. The van der Waals surface area contributed by atoms with E-state index in [4.69, 9.17) is 0 Å². The van der Waals surface area contributed by atoms with Gasteiger partial charge in [-0.05, 0) is 44.1 Å². The van der Waals surface area contributed by atoms with Gasteiger partial charge in [0.2, 0.25) is 0 Å². The van der Waals surface area contributed by atoms with Gasteiger partial charge in [-0.15, -0.1) is 0 Å². The monoisotopic (exact) mass is 271 g/mol. The molecule has 0 radical (unpaired) electrons. The summed E-state index contributed by atoms with van der Waals surface area (Å²) in [5.74, 6) is 1.76. The molecular formula is C13H16F3N3. The van der Waals surface area contributed by atoms with Gasteiger partial charge in [-0.1, -0.05) is 0 Å². The molecule has 2 heterocycles. The molecule has 1 saturated heterocycles. The van der Waals surface area contributed by atoms with Crippen molar-refractivity contribution < 1.29 is 13.2 Å². The molecule has 6 heteroatoms. The van der Waals surface area contributed by atoms with E-state index < -0.39 is 11.9 Å². The molecule has 3 nitrogen and oxygen atoms in total. The highest BCUT2D eigenvalue weighted by Gasteiger charge is 2.41. The van der Waals surface area contributed by atoms with Crippen molar-refractivity contribution in [2.24, 2.45) is 11.8 Å². The van der Waals surface area contributed by atoms with Gasteiger partial charge >= 0.3 is 6.18 Å². The predicted octanol–water partition coefficient (Wildman–Crippen LogP) is 2.43. The Morgan fingerprint density at radius 3 is 2.63 bits per heavy atom. The molecule has 1 aliphatic carbocycles. The fourth-order valence-electron chi connectivity index (χ4n) is 2.79. The minimum Gasteiger partial charge on any atom is -0.314 e. The van der Waals surface area contributed by atoms with Crippen molar-refractivity contribution in [3.8, 4) is 0 Å². The van der Waals surface area contributed by atoms with Gasteiger partial charge in [0.1, 0.15) is 0 Å². The van der Waals surface area contributed by atoms with Crippen LogP contribution in [-0.4, -0.2) is 22.6 Å². The molecule has 3 atom stereocenters. The van der Waals surface area contributed by atoms with Gasteiger partial charge in [0.15, 0.2) is 5.69 Å². The van der Waals surface area contributed by atoms with Gasteiger partial charge < -0.3 is 5.32 Å². The molecule has 0 amide bonds. The number of piperidine rings is 1.